The molecule has 5 heteroatoms. The van der Waals surface area contributed by atoms with E-state index in [0.29, 0.717) is 11.9 Å². The summed E-state index contributed by atoms with van der Waals surface area (Å²) in [6.45, 7) is 2.23. The van der Waals surface area contributed by atoms with Gasteiger partial charge >= 0.3 is 5.97 Å². The molecule has 0 bridgehead atoms. The molecule has 1 aliphatic carbocycles. The zero-order valence-corrected chi connectivity index (χ0v) is 10.6. The minimum absolute atomic E-state index is 0.197. The van der Waals surface area contributed by atoms with Crippen LogP contribution in [0.25, 0.3) is 0 Å². The fourth-order valence-electron chi connectivity index (χ4n) is 2.52. The van der Waals surface area contributed by atoms with Gasteiger partial charge in [0, 0.05) is 6.04 Å². The lowest BCUT2D eigenvalue weighted by molar-refractivity contribution is 0.0697. The Morgan fingerprint density at radius 1 is 1.44 bits per heavy atom. The van der Waals surface area contributed by atoms with Crippen molar-refractivity contribution in [2.75, 3.05) is 5.32 Å². The van der Waals surface area contributed by atoms with Gasteiger partial charge in [0.25, 0.3) is 0 Å². The molecule has 1 aromatic rings. The highest BCUT2D eigenvalue weighted by Crippen LogP contribution is 2.28. The van der Waals surface area contributed by atoms with Crippen LogP contribution in [0.5, 0.6) is 0 Å². The van der Waals surface area contributed by atoms with Crippen LogP contribution in [0.15, 0.2) is 12.3 Å². The molecule has 0 unspecified atom stereocenters. The highest BCUT2D eigenvalue weighted by atomic mass is 16.4. The van der Waals surface area contributed by atoms with Crippen molar-refractivity contribution in [2.24, 2.45) is 5.92 Å². The van der Waals surface area contributed by atoms with E-state index in [2.05, 4.69) is 22.4 Å². The van der Waals surface area contributed by atoms with Gasteiger partial charge in [0.2, 0.25) is 0 Å². The second kappa shape index (κ2) is 5.80. The van der Waals surface area contributed by atoms with Gasteiger partial charge in [0.05, 0.1) is 6.20 Å². The fourth-order valence-corrected chi connectivity index (χ4v) is 2.52. The minimum atomic E-state index is -0.963. The molecule has 98 valence electrons. The number of carbonyl (C=O) groups is 1. The molecule has 2 rings (SSSR count). The summed E-state index contributed by atoms with van der Waals surface area (Å²) in [6, 6.07) is 1.80. The summed E-state index contributed by atoms with van der Waals surface area (Å²) in [4.78, 5) is 11.1. The molecular formula is C13H19N3O2. The third-order valence-corrected chi connectivity index (χ3v) is 3.72. The lowest BCUT2D eigenvalue weighted by atomic mass is 9.84. The number of hydrogen-bond donors (Lipinski definition) is 2. The maximum atomic E-state index is 11.1. The molecule has 0 aliphatic heterocycles. The van der Waals surface area contributed by atoms with Crippen molar-refractivity contribution >= 4 is 11.8 Å². The van der Waals surface area contributed by atoms with Crippen LogP contribution < -0.4 is 5.32 Å². The number of nitrogens with one attached hydrogen (secondary N) is 1. The molecule has 1 fully saturated rings. The molecule has 2 N–H and O–H groups in total. The Bertz CT molecular complexity index is 414. The van der Waals surface area contributed by atoms with Crippen molar-refractivity contribution in [2.45, 2.75) is 45.1 Å². The van der Waals surface area contributed by atoms with Crippen LogP contribution in [0.2, 0.25) is 0 Å². The third kappa shape index (κ3) is 2.97. The van der Waals surface area contributed by atoms with E-state index in [1.807, 2.05) is 0 Å². The number of carboxylic acid groups (broad SMARTS) is 1. The van der Waals surface area contributed by atoms with Crippen molar-refractivity contribution in [3.05, 3.63) is 17.8 Å². The van der Waals surface area contributed by atoms with Gasteiger partial charge in [0.1, 0.15) is 5.56 Å². The monoisotopic (exact) mass is 249 g/mol. The molecule has 0 atom stereocenters. The highest BCUT2D eigenvalue weighted by molar-refractivity contribution is 5.92. The van der Waals surface area contributed by atoms with E-state index in [4.69, 9.17) is 5.11 Å². The largest absolute Gasteiger partial charge is 0.478 e. The average Bonchev–Trinajstić information content (AvgIpc) is 2.40. The van der Waals surface area contributed by atoms with Gasteiger partial charge in [-0.3, -0.25) is 0 Å². The predicted molar refractivity (Wildman–Crippen MR) is 68.7 cm³/mol. The van der Waals surface area contributed by atoms with Crippen molar-refractivity contribution < 1.29 is 9.90 Å². The molecule has 0 amide bonds. The smallest absolute Gasteiger partial charge is 0.339 e. The van der Waals surface area contributed by atoms with E-state index < -0.39 is 5.97 Å². The number of rotatable bonds is 4. The molecule has 0 radical (unpaired) electrons. The number of aromatic nitrogens is 2. The molecule has 0 aromatic carbocycles. The Labute approximate surface area is 107 Å². The van der Waals surface area contributed by atoms with Gasteiger partial charge in [-0.15, -0.1) is 5.10 Å². The van der Waals surface area contributed by atoms with Crippen LogP contribution in [0.3, 0.4) is 0 Å². The number of carboxylic acids is 1. The molecule has 1 saturated carbocycles. The first-order valence-corrected chi connectivity index (χ1v) is 6.52. The van der Waals surface area contributed by atoms with E-state index >= 15 is 0 Å². The molecule has 0 spiro atoms. The van der Waals surface area contributed by atoms with Gasteiger partial charge < -0.3 is 10.4 Å². The van der Waals surface area contributed by atoms with Crippen molar-refractivity contribution in [1.29, 1.82) is 0 Å². The summed E-state index contributed by atoms with van der Waals surface area (Å²) >= 11 is 0. The van der Waals surface area contributed by atoms with E-state index in [1.165, 1.54) is 31.5 Å². The second-order valence-corrected chi connectivity index (χ2v) is 4.87. The predicted octanol–water partition coefficient (Wildman–Crippen LogP) is 2.56. The molecule has 18 heavy (non-hydrogen) atoms. The Kier molecular flexibility index (Phi) is 4.12. The van der Waals surface area contributed by atoms with Crippen LogP contribution in [-0.2, 0) is 0 Å². The van der Waals surface area contributed by atoms with Crippen molar-refractivity contribution in [3.8, 4) is 0 Å². The summed E-state index contributed by atoms with van der Waals surface area (Å²) in [5.41, 5.74) is 0.197. The van der Waals surface area contributed by atoms with Crippen LogP contribution in [0.1, 0.15) is 49.4 Å². The molecule has 0 saturated heterocycles. The first-order chi connectivity index (χ1) is 8.70. The Morgan fingerprint density at radius 2 is 2.17 bits per heavy atom. The van der Waals surface area contributed by atoms with Crippen molar-refractivity contribution in [1.82, 2.24) is 10.2 Å². The molecule has 1 aromatic heterocycles. The van der Waals surface area contributed by atoms with Crippen LogP contribution in [-0.4, -0.2) is 27.3 Å². The minimum Gasteiger partial charge on any atom is -0.478 e. The summed E-state index contributed by atoms with van der Waals surface area (Å²) in [5, 5.41) is 19.9. The van der Waals surface area contributed by atoms with Crippen molar-refractivity contribution in [3.63, 3.8) is 0 Å². The van der Waals surface area contributed by atoms with Crippen LogP contribution in [0.4, 0.5) is 5.82 Å². The van der Waals surface area contributed by atoms with Gasteiger partial charge in [-0.05, 0) is 37.7 Å². The molecule has 5 nitrogen and oxygen atoms in total. The van der Waals surface area contributed by atoms with Gasteiger partial charge in [-0.1, -0.05) is 13.3 Å². The number of anilines is 1. The van der Waals surface area contributed by atoms with E-state index in [9.17, 15) is 4.79 Å². The summed E-state index contributed by atoms with van der Waals surface area (Å²) in [6.07, 6.45) is 7.21. The Balaban J connectivity index is 2.00. The first kappa shape index (κ1) is 12.8. The number of hydrogen-bond acceptors (Lipinski definition) is 4. The fraction of sp³-hybridized carbons (Fsp3) is 0.615. The highest BCUT2D eigenvalue weighted by Gasteiger charge is 2.22. The summed E-state index contributed by atoms with van der Waals surface area (Å²) in [7, 11) is 0. The molecular weight excluding hydrogens is 230 g/mol. The topological polar surface area (TPSA) is 75.1 Å². The van der Waals surface area contributed by atoms with E-state index in [0.717, 1.165) is 18.8 Å². The number of nitrogens with zero attached hydrogens (tertiary/aromatic N) is 2. The average molecular weight is 249 g/mol. The molecule has 1 heterocycles. The zero-order valence-electron chi connectivity index (χ0n) is 10.6. The SMILES string of the molecule is CCC1CCC(Nc2nnccc2C(=O)O)CC1. The van der Waals surface area contributed by atoms with Gasteiger partial charge in [-0.2, -0.15) is 5.10 Å². The summed E-state index contributed by atoms with van der Waals surface area (Å²) < 4.78 is 0. The van der Waals surface area contributed by atoms with E-state index in [-0.39, 0.29) is 5.56 Å². The second-order valence-electron chi connectivity index (χ2n) is 4.87. The lowest BCUT2D eigenvalue weighted by Crippen LogP contribution is -2.27. The van der Waals surface area contributed by atoms with Gasteiger partial charge in [0.15, 0.2) is 5.82 Å². The Hall–Kier alpha value is -1.65. The van der Waals surface area contributed by atoms with Gasteiger partial charge in [-0.25, -0.2) is 4.79 Å². The first-order valence-electron chi connectivity index (χ1n) is 6.52. The zero-order chi connectivity index (χ0) is 13.0. The third-order valence-electron chi connectivity index (χ3n) is 3.72. The maximum Gasteiger partial charge on any atom is 0.339 e. The Morgan fingerprint density at radius 3 is 2.78 bits per heavy atom. The quantitative estimate of drug-likeness (QED) is 0.857. The molecule has 1 aliphatic rings. The van der Waals surface area contributed by atoms with Crippen LogP contribution >= 0.6 is 0 Å². The van der Waals surface area contributed by atoms with E-state index in [1.54, 1.807) is 0 Å². The maximum absolute atomic E-state index is 11.1. The number of aromatic carboxylic acids is 1. The normalized spacial score (nSPS) is 23.6. The summed E-state index contributed by atoms with van der Waals surface area (Å²) in [5.74, 6) is 0.253. The lowest BCUT2D eigenvalue weighted by Gasteiger charge is -2.28. The van der Waals surface area contributed by atoms with Crippen LogP contribution in [0, 0.1) is 5.92 Å². The standard InChI is InChI=1S/C13H19N3O2/c1-2-9-3-5-10(6-4-9)15-12-11(13(17)18)7-8-14-16-12/h7-10H,2-6H2,1H3,(H,15,16)(H,17,18).